The van der Waals surface area contributed by atoms with Crippen LogP contribution in [-0.4, -0.2) is 35.6 Å². The average Bonchev–Trinajstić information content (AvgIpc) is 3.05. The van der Waals surface area contributed by atoms with Crippen LogP contribution in [0, 0.1) is 27.7 Å². The van der Waals surface area contributed by atoms with Crippen molar-refractivity contribution in [1.29, 1.82) is 0 Å². The van der Waals surface area contributed by atoms with E-state index < -0.39 is 12.2 Å². The van der Waals surface area contributed by atoms with Gasteiger partial charge in [0.05, 0.1) is 12.2 Å². The molecule has 0 saturated heterocycles. The summed E-state index contributed by atoms with van der Waals surface area (Å²) >= 11 is 0. The quantitative estimate of drug-likeness (QED) is 0.525. The summed E-state index contributed by atoms with van der Waals surface area (Å²) in [6, 6.07) is 4.65. The van der Waals surface area contributed by atoms with E-state index >= 15 is 0 Å². The van der Waals surface area contributed by atoms with Gasteiger partial charge in [-0.1, -0.05) is 39.8 Å². The second kappa shape index (κ2) is 8.52. The van der Waals surface area contributed by atoms with Crippen LogP contribution in [0.3, 0.4) is 0 Å². The van der Waals surface area contributed by atoms with Gasteiger partial charge in [0.2, 0.25) is 0 Å². The Hall–Kier alpha value is -2.04. The highest BCUT2D eigenvalue weighted by Gasteiger charge is 2.58. The molecular formula is C31H44O4. The summed E-state index contributed by atoms with van der Waals surface area (Å²) in [7, 11) is 0. The molecule has 2 N–H and O–H groups in total. The van der Waals surface area contributed by atoms with Crippen LogP contribution in [0.25, 0.3) is 0 Å². The molecule has 4 rings (SSSR count). The average molecular weight is 481 g/mol. The second-order valence-electron chi connectivity index (χ2n) is 12.7. The number of aryl methyl sites for hydroxylation is 2. The highest BCUT2D eigenvalue weighted by atomic mass is 16.5. The molecule has 0 heterocycles. The van der Waals surface area contributed by atoms with E-state index in [0.29, 0.717) is 0 Å². The Kier molecular flexibility index (Phi) is 6.34. The smallest absolute Gasteiger partial charge is 0.125 e. The van der Waals surface area contributed by atoms with Gasteiger partial charge in [-0.05, 0) is 110 Å². The van der Waals surface area contributed by atoms with Gasteiger partial charge in [-0.2, -0.15) is 0 Å². The van der Waals surface area contributed by atoms with Crippen LogP contribution in [0.4, 0.5) is 0 Å². The number of fused-ring (bicyclic) bond motifs is 4. The van der Waals surface area contributed by atoms with Crippen LogP contribution in [0.5, 0.6) is 11.5 Å². The van der Waals surface area contributed by atoms with Crippen LogP contribution in [0.15, 0.2) is 12.1 Å². The number of hydrogen-bond acceptors (Lipinski definition) is 4. The molecule has 4 nitrogen and oxygen atoms in total. The molecule has 2 aromatic carbocycles. The second-order valence-corrected chi connectivity index (χ2v) is 12.7. The van der Waals surface area contributed by atoms with Gasteiger partial charge in [-0.25, -0.2) is 0 Å². The van der Waals surface area contributed by atoms with Gasteiger partial charge in [-0.15, -0.1) is 0 Å². The third-order valence-corrected chi connectivity index (χ3v) is 8.25. The molecule has 1 spiro atoms. The molecule has 0 bridgehead atoms. The summed E-state index contributed by atoms with van der Waals surface area (Å²) in [6.07, 6.45) is 1.03. The van der Waals surface area contributed by atoms with Crippen LogP contribution in [0.1, 0.15) is 98.9 Å². The van der Waals surface area contributed by atoms with Crippen molar-refractivity contribution in [3.8, 4) is 11.5 Å². The maximum Gasteiger partial charge on any atom is 0.125 e. The molecule has 2 atom stereocenters. The Morgan fingerprint density at radius 2 is 1.06 bits per heavy atom. The van der Waals surface area contributed by atoms with E-state index in [1.54, 1.807) is 13.8 Å². The molecule has 2 aliphatic carbocycles. The molecule has 192 valence electrons. The van der Waals surface area contributed by atoms with E-state index in [1.807, 2.05) is 0 Å². The van der Waals surface area contributed by atoms with Crippen molar-refractivity contribution in [2.45, 2.75) is 111 Å². The topological polar surface area (TPSA) is 58.9 Å². The molecule has 0 aliphatic heterocycles. The van der Waals surface area contributed by atoms with Gasteiger partial charge in [0.25, 0.3) is 0 Å². The van der Waals surface area contributed by atoms with Crippen molar-refractivity contribution < 1.29 is 19.7 Å². The van der Waals surface area contributed by atoms with Gasteiger partial charge in [0, 0.05) is 5.41 Å². The van der Waals surface area contributed by atoms with Crippen LogP contribution in [-0.2, 0) is 16.2 Å². The maximum atomic E-state index is 9.90. The Morgan fingerprint density at radius 1 is 0.714 bits per heavy atom. The maximum absolute atomic E-state index is 9.90. The molecule has 2 unspecified atom stereocenters. The molecule has 0 aromatic heterocycles. The minimum Gasteiger partial charge on any atom is -0.490 e. The first-order valence-corrected chi connectivity index (χ1v) is 13.0. The minimum atomic E-state index is -0.516. The van der Waals surface area contributed by atoms with Crippen LogP contribution < -0.4 is 9.47 Å². The first kappa shape index (κ1) is 26.0. The van der Waals surface area contributed by atoms with E-state index in [2.05, 4.69) is 67.5 Å². The number of benzene rings is 2. The molecule has 0 radical (unpaired) electrons. The first-order valence-electron chi connectivity index (χ1n) is 13.0. The van der Waals surface area contributed by atoms with Crippen LogP contribution in [0.2, 0.25) is 0 Å². The Bertz CT molecular complexity index is 1060. The van der Waals surface area contributed by atoms with Gasteiger partial charge >= 0.3 is 0 Å². The highest BCUT2D eigenvalue weighted by molar-refractivity contribution is 5.68. The summed E-state index contributed by atoms with van der Waals surface area (Å²) in [5.74, 6) is 1.81. The minimum absolute atomic E-state index is 0.0172. The first-order chi connectivity index (χ1) is 16.1. The fraction of sp³-hybridized carbons (Fsp3) is 0.613. The number of rotatable bonds is 6. The molecule has 2 aromatic rings. The van der Waals surface area contributed by atoms with Crippen LogP contribution >= 0.6 is 0 Å². The summed E-state index contributed by atoms with van der Waals surface area (Å²) in [5.41, 5.74) is 10.2. The third kappa shape index (κ3) is 4.07. The van der Waals surface area contributed by atoms with Gasteiger partial charge in [0.1, 0.15) is 24.7 Å². The lowest BCUT2D eigenvalue weighted by molar-refractivity contribution is 0.122. The molecule has 4 heteroatoms. The fourth-order valence-electron chi connectivity index (χ4n) is 7.32. The molecule has 0 amide bonds. The van der Waals surface area contributed by atoms with Gasteiger partial charge in [-0.3, -0.25) is 0 Å². The fourth-order valence-corrected chi connectivity index (χ4v) is 7.32. The lowest BCUT2D eigenvalue weighted by Gasteiger charge is -2.33. The lowest BCUT2D eigenvalue weighted by Crippen LogP contribution is -2.28. The van der Waals surface area contributed by atoms with E-state index in [1.165, 1.54) is 33.4 Å². The Balaban J connectivity index is 2.01. The summed E-state index contributed by atoms with van der Waals surface area (Å²) in [6.45, 7) is 22.2. The number of aliphatic hydroxyl groups excluding tert-OH is 2. The van der Waals surface area contributed by atoms with Gasteiger partial charge in [0.15, 0.2) is 0 Å². The molecule has 35 heavy (non-hydrogen) atoms. The van der Waals surface area contributed by atoms with E-state index in [9.17, 15) is 10.2 Å². The summed E-state index contributed by atoms with van der Waals surface area (Å²) < 4.78 is 12.4. The number of ether oxygens (including phenoxy) is 2. The zero-order valence-electron chi connectivity index (χ0n) is 23.3. The van der Waals surface area contributed by atoms with Crippen molar-refractivity contribution in [2.24, 2.45) is 0 Å². The molecule has 2 aliphatic rings. The number of aliphatic hydroxyl groups is 2. The predicted molar refractivity (Wildman–Crippen MR) is 142 cm³/mol. The number of hydrogen-bond donors (Lipinski definition) is 2. The Morgan fingerprint density at radius 3 is 1.37 bits per heavy atom. The molecule has 0 fully saturated rings. The van der Waals surface area contributed by atoms with Crippen molar-refractivity contribution in [1.82, 2.24) is 0 Å². The normalized spacial score (nSPS) is 23.2. The van der Waals surface area contributed by atoms with E-state index in [0.717, 1.165) is 35.5 Å². The summed E-state index contributed by atoms with van der Waals surface area (Å²) in [5, 5.41) is 19.8. The zero-order chi connectivity index (χ0) is 26.1. The zero-order valence-corrected chi connectivity index (χ0v) is 23.3. The van der Waals surface area contributed by atoms with Gasteiger partial charge < -0.3 is 19.7 Å². The van der Waals surface area contributed by atoms with Crippen molar-refractivity contribution >= 4 is 0 Å². The third-order valence-electron chi connectivity index (χ3n) is 8.25. The van der Waals surface area contributed by atoms with Crippen molar-refractivity contribution in [3.05, 3.63) is 56.6 Å². The van der Waals surface area contributed by atoms with Crippen molar-refractivity contribution in [2.75, 3.05) is 13.2 Å². The Labute approximate surface area is 211 Å². The standard InChI is InChI=1S/C31H44O4/c1-17-11-23-25(21(5)27(17)34-13-19(3)32)31(15-29(23,7)8)16-30(9,10)24-12-18(2)28(22(6)26(24)31)35-14-20(4)33/h11-12,19-20,32-33H,13-16H2,1-10H3. The van der Waals surface area contributed by atoms with E-state index in [4.69, 9.17) is 9.47 Å². The SMILES string of the molecule is Cc1cc2c(c(C)c1OCC(C)O)C1(CC2(C)C)CC(C)(C)c2cc(C)c(OCC(C)O)c(C)c21. The largest absolute Gasteiger partial charge is 0.490 e. The molecule has 0 saturated carbocycles. The monoisotopic (exact) mass is 480 g/mol. The van der Waals surface area contributed by atoms with Crippen molar-refractivity contribution in [3.63, 3.8) is 0 Å². The lowest BCUT2D eigenvalue weighted by atomic mass is 9.70. The predicted octanol–water partition coefficient (Wildman–Crippen LogP) is 6.09. The highest BCUT2D eigenvalue weighted by Crippen LogP contribution is 2.65. The molecular weight excluding hydrogens is 436 g/mol. The van der Waals surface area contributed by atoms with E-state index in [-0.39, 0.29) is 29.5 Å². The summed E-state index contributed by atoms with van der Waals surface area (Å²) in [4.78, 5) is 0.